The third kappa shape index (κ3) is 10.9. The van der Waals surface area contributed by atoms with Gasteiger partial charge in [-0.15, -0.1) is 0 Å². The summed E-state index contributed by atoms with van der Waals surface area (Å²) >= 11 is 0. The van der Waals surface area contributed by atoms with E-state index in [9.17, 15) is 19.8 Å². The van der Waals surface area contributed by atoms with Gasteiger partial charge in [-0.3, -0.25) is 0 Å². The topological polar surface area (TPSA) is 151 Å². The fourth-order valence-corrected chi connectivity index (χ4v) is 11.8. The van der Waals surface area contributed by atoms with Crippen LogP contribution in [0.1, 0.15) is 64.7 Å². The third-order valence-corrected chi connectivity index (χ3v) is 14.0. The van der Waals surface area contributed by atoms with Crippen molar-refractivity contribution in [3.8, 4) is 17.6 Å². The molecule has 304 valence electrons. The molecule has 56 heavy (non-hydrogen) atoms. The minimum atomic E-state index is -4.84. The van der Waals surface area contributed by atoms with Crippen LogP contribution in [0.2, 0.25) is 0 Å². The Hall–Kier alpha value is -4.34. The number of nitrogens with one attached hydrogen (secondary N) is 1. The zero-order valence-electron chi connectivity index (χ0n) is 34.1. The molecule has 3 aromatic carbocycles. The molecule has 4 rings (SSSR count). The van der Waals surface area contributed by atoms with Crippen LogP contribution in [0.3, 0.4) is 0 Å². The van der Waals surface area contributed by atoms with Crippen LogP contribution in [-0.4, -0.2) is 88.5 Å². The molecule has 0 spiro atoms. The molecule has 0 aliphatic rings. The monoisotopic (exact) mass is 789 g/mol. The van der Waals surface area contributed by atoms with Crippen molar-refractivity contribution in [1.82, 2.24) is 14.2 Å². The number of benzene rings is 3. The van der Waals surface area contributed by atoms with Crippen LogP contribution in [-0.2, 0) is 21.6 Å². The van der Waals surface area contributed by atoms with Crippen molar-refractivity contribution in [3.05, 3.63) is 118 Å². The molecule has 0 radical (unpaired) electrons. The van der Waals surface area contributed by atoms with Crippen molar-refractivity contribution in [2.75, 3.05) is 51.6 Å². The Morgan fingerprint density at radius 1 is 0.857 bits per heavy atom. The third-order valence-electron chi connectivity index (χ3n) is 9.76. The first kappa shape index (κ1) is 44.4. The van der Waals surface area contributed by atoms with E-state index in [-0.39, 0.29) is 50.6 Å². The van der Waals surface area contributed by atoms with Gasteiger partial charge in [0, 0.05) is 0 Å². The normalized spacial score (nSPS) is 13.4. The van der Waals surface area contributed by atoms with Crippen LogP contribution >= 0.6 is 7.21 Å². The minimum absolute atomic E-state index is 0.0475. The van der Waals surface area contributed by atoms with E-state index in [1.54, 1.807) is 31.2 Å². The number of hydrogen-bond acceptors (Lipinski definition) is 11. The number of hydrogen-bond donors (Lipinski definition) is 3. The van der Waals surface area contributed by atoms with Gasteiger partial charge in [-0.2, -0.15) is 0 Å². The Morgan fingerprint density at radius 2 is 1.41 bits per heavy atom. The Morgan fingerprint density at radius 3 is 1.89 bits per heavy atom. The van der Waals surface area contributed by atoms with Gasteiger partial charge in [-0.05, 0) is 0 Å². The van der Waals surface area contributed by atoms with E-state index >= 15 is 0 Å². The van der Waals surface area contributed by atoms with Gasteiger partial charge in [0.25, 0.3) is 0 Å². The van der Waals surface area contributed by atoms with Crippen LogP contribution in [0, 0.1) is 17.2 Å². The van der Waals surface area contributed by atoms with E-state index in [0.717, 1.165) is 16.7 Å². The molecule has 0 saturated heterocycles. The van der Waals surface area contributed by atoms with Crippen molar-refractivity contribution in [2.24, 2.45) is 5.92 Å². The fourth-order valence-electron chi connectivity index (χ4n) is 7.43. The number of ether oxygens (including phenoxy) is 4. The van der Waals surface area contributed by atoms with E-state index in [0.29, 0.717) is 29.8 Å². The number of nitriles is 1. The average Bonchev–Trinajstić information content (AvgIpc) is 3.17. The van der Waals surface area contributed by atoms with Gasteiger partial charge in [-0.1, -0.05) is 13.8 Å². The number of nitrogens with zero attached hydrogens (tertiary/aromatic N) is 4. The summed E-state index contributed by atoms with van der Waals surface area (Å²) in [5, 5.41) is 12.9. The first-order valence-corrected chi connectivity index (χ1v) is 21.7. The number of rotatable bonds is 22. The average molecular weight is 790 g/mol. The summed E-state index contributed by atoms with van der Waals surface area (Å²) in [6.45, 7) is 12.6. The van der Waals surface area contributed by atoms with E-state index in [2.05, 4.69) is 30.2 Å². The van der Waals surface area contributed by atoms with Crippen LogP contribution in [0.25, 0.3) is 0 Å². The second-order valence-electron chi connectivity index (χ2n) is 15.1. The molecule has 0 amide bonds. The van der Waals surface area contributed by atoms with Gasteiger partial charge in [-0.25, -0.2) is 0 Å². The fraction of sp³-hybridized carbons (Fsp3) is 0.465. The predicted molar refractivity (Wildman–Crippen MR) is 223 cm³/mol. The first-order chi connectivity index (χ1) is 26.6. The quantitative estimate of drug-likeness (QED) is 0.0556. The van der Waals surface area contributed by atoms with E-state index < -0.39 is 24.6 Å². The van der Waals surface area contributed by atoms with Crippen molar-refractivity contribution in [2.45, 2.75) is 78.3 Å². The standard InChI is InChI=1S/C43H60N5O7P/c1-32(2)29-45-41-23-25-47(42(49)46-41)26-27-54-40(31-56(50,51,28-12-24-44)48(33(3)4)34(5)6)30-55-43(35-13-10-9-11-14-35,36-15-19-38(52-7)20-16-36)37-17-21-39(53-8)22-18-37/h9-11,13-23,25,32-34,40,50-51H,12,26-31H2,1-8H3,(H,45,46,49). The molecule has 0 bridgehead atoms. The molecule has 0 saturated carbocycles. The van der Waals surface area contributed by atoms with Crippen molar-refractivity contribution in [1.29, 1.82) is 5.26 Å². The van der Waals surface area contributed by atoms with Gasteiger partial charge < -0.3 is 0 Å². The zero-order chi connectivity index (χ0) is 41.0. The van der Waals surface area contributed by atoms with Gasteiger partial charge in [0.1, 0.15) is 0 Å². The summed E-state index contributed by atoms with van der Waals surface area (Å²) in [6, 6.07) is 28.5. The van der Waals surface area contributed by atoms with Crippen LogP contribution in [0.4, 0.5) is 5.82 Å². The van der Waals surface area contributed by atoms with Crippen LogP contribution in [0.15, 0.2) is 95.9 Å². The molecule has 0 aliphatic carbocycles. The summed E-state index contributed by atoms with van der Waals surface area (Å²) in [7, 11) is -1.62. The molecule has 3 N–H and O–H groups in total. The molecule has 0 aliphatic heterocycles. The maximum absolute atomic E-state index is 13.0. The number of anilines is 1. The summed E-state index contributed by atoms with van der Waals surface area (Å²) < 4.78 is 28.0. The second-order valence-corrected chi connectivity index (χ2v) is 19.0. The zero-order valence-corrected chi connectivity index (χ0v) is 35.0. The molecule has 1 unspecified atom stereocenters. The summed E-state index contributed by atoms with van der Waals surface area (Å²) in [6.07, 6.45) is 0.387. The van der Waals surface area contributed by atoms with Crippen molar-refractivity contribution >= 4 is 13.0 Å². The SMILES string of the molecule is COc1ccc(C(OCC(CP(O)(O)(CCC#N)N(C(C)C)C(C)C)OCCn2ccc(NCC(C)C)nc2=O)(c2ccccc2)c2ccc(OC)cc2)cc1. The number of methoxy groups -OCH3 is 2. The Labute approximate surface area is 332 Å². The molecule has 1 heterocycles. The van der Waals surface area contributed by atoms with Crippen LogP contribution < -0.4 is 20.5 Å². The summed E-state index contributed by atoms with van der Waals surface area (Å²) in [5.74, 6) is 2.24. The summed E-state index contributed by atoms with van der Waals surface area (Å²) in [5.41, 5.74) is 0.807. The second kappa shape index (κ2) is 19.7. The van der Waals surface area contributed by atoms with E-state index in [1.165, 1.54) is 4.57 Å². The molecule has 12 nitrogen and oxygen atoms in total. The molecular formula is C43H60N5O7P. The van der Waals surface area contributed by atoms with Crippen molar-refractivity contribution in [3.63, 3.8) is 0 Å². The molecule has 13 heteroatoms. The van der Waals surface area contributed by atoms with E-state index in [4.69, 9.17) is 18.9 Å². The predicted octanol–water partition coefficient (Wildman–Crippen LogP) is 7.04. The number of aromatic nitrogens is 2. The summed E-state index contributed by atoms with van der Waals surface area (Å²) in [4.78, 5) is 42.6. The molecule has 1 atom stereocenters. The molecular weight excluding hydrogens is 729 g/mol. The van der Waals surface area contributed by atoms with Gasteiger partial charge in [0.2, 0.25) is 0 Å². The van der Waals surface area contributed by atoms with Crippen molar-refractivity contribution < 1.29 is 28.7 Å². The van der Waals surface area contributed by atoms with Gasteiger partial charge >= 0.3 is 319 Å². The molecule has 0 fully saturated rings. The van der Waals surface area contributed by atoms with E-state index in [1.807, 2.05) is 107 Å². The van der Waals surface area contributed by atoms with Gasteiger partial charge in [0.15, 0.2) is 0 Å². The maximum atomic E-state index is 13.0. The Kier molecular flexibility index (Phi) is 15.6. The Bertz CT molecular complexity index is 1860. The molecule has 4 aromatic rings. The van der Waals surface area contributed by atoms with Crippen LogP contribution in [0.5, 0.6) is 11.5 Å². The molecule has 1 aromatic heterocycles. The van der Waals surface area contributed by atoms with Gasteiger partial charge in [0.05, 0.1) is 0 Å². The Balaban J connectivity index is 1.81. The first-order valence-electron chi connectivity index (χ1n) is 19.2.